The molecule has 0 aliphatic carbocycles. The third-order valence-corrected chi connectivity index (χ3v) is 4.82. The lowest BCUT2D eigenvalue weighted by molar-refractivity contribution is -0.135. The van der Waals surface area contributed by atoms with E-state index in [0.29, 0.717) is 13.0 Å². The van der Waals surface area contributed by atoms with Crippen LogP contribution in [0.15, 0.2) is 0 Å². The fourth-order valence-electron chi connectivity index (χ4n) is 2.98. The maximum Gasteiger partial charge on any atom is 0.166 e. The predicted molar refractivity (Wildman–Crippen MR) is 101 cm³/mol. The first-order valence-corrected chi connectivity index (χ1v) is 10.3. The fraction of sp³-hybridized carbons (Fsp3) is 0.905. The Bertz CT molecular complexity index is 287. The van der Waals surface area contributed by atoms with Crippen LogP contribution in [0.2, 0.25) is 0 Å². The minimum Gasteiger partial charge on any atom is -0.387 e. The van der Waals surface area contributed by atoms with E-state index >= 15 is 0 Å². The number of carbonyl (C=O) groups is 1. The number of aliphatic hydroxyl groups excluding tert-OH is 1. The molecule has 0 saturated carbocycles. The van der Waals surface area contributed by atoms with E-state index in [0.717, 1.165) is 19.3 Å². The van der Waals surface area contributed by atoms with Crippen LogP contribution in [0.4, 0.5) is 0 Å². The summed E-state index contributed by atoms with van der Waals surface area (Å²) in [6.07, 6.45) is 19.8. The number of aliphatic hydroxyl groups is 2. The molecule has 0 amide bonds. The van der Waals surface area contributed by atoms with Crippen molar-refractivity contribution in [1.29, 1.82) is 0 Å². The van der Waals surface area contributed by atoms with E-state index in [9.17, 15) is 9.90 Å². The van der Waals surface area contributed by atoms with Crippen molar-refractivity contribution in [2.75, 3.05) is 0 Å². The molecular weight excluding hydrogens is 300 g/mol. The Labute approximate surface area is 150 Å². The monoisotopic (exact) mass is 341 g/mol. The molecule has 0 saturated heterocycles. The van der Waals surface area contributed by atoms with Gasteiger partial charge in [-0.05, 0) is 13.3 Å². The van der Waals surface area contributed by atoms with Gasteiger partial charge in [0.25, 0.3) is 0 Å². The van der Waals surface area contributed by atoms with Crippen molar-refractivity contribution in [3.63, 3.8) is 0 Å². The van der Waals surface area contributed by atoms with Gasteiger partial charge in [-0.25, -0.2) is 0 Å². The Morgan fingerprint density at radius 2 is 1.08 bits per heavy atom. The van der Waals surface area contributed by atoms with Crippen molar-refractivity contribution in [2.45, 2.75) is 122 Å². The zero-order valence-corrected chi connectivity index (χ0v) is 16.2. The third kappa shape index (κ3) is 14.0. The summed E-state index contributed by atoms with van der Waals surface area (Å²) >= 11 is 0. The molecule has 1 atom stereocenters. The van der Waals surface area contributed by atoms with Crippen LogP contribution in [0.5, 0.6) is 0 Å². The van der Waals surface area contributed by atoms with Crippen LogP contribution < -0.4 is 0 Å². The summed E-state index contributed by atoms with van der Waals surface area (Å²) < 4.78 is 0. The molecule has 0 fully saturated rings. The van der Waals surface area contributed by atoms with Crippen molar-refractivity contribution < 1.29 is 15.0 Å². The third-order valence-electron chi connectivity index (χ3n) is 4.82. The second-order valence-electron chi connectivity index (χ2n) is 7.40. The van der Waals surface area contributed by atoms with Crippen LogP contribution in [0.1, 0.15) is 117 Å². The van der Waals surface area contributed by atoms with Gasteiger partial charge in [0, 0.05) is 6.42 Å². The largest absolute Gasteiger partial charge is 0.387 e. The summed E-state index contributed by atoms with van der Waals surface area (Å²) in [4.78, 5) is 11.6. The Morgan fingerprint density at radius 3 is 1.42 bits per heavy atom. The zero-order chi connectivity index (χ0) is 18.1. The highest BCUT2D eigenvalue weighted by Gasteiger charge is 2.28. The Morgan fingerprint density at radius 1 is 0.750 bits per heavy atom. The van der Waals surface area contributed by atoms with E-state index in [1.807, 2.05) is 0 Å². The highest BCUT2D eigenvalue weighted by Crippen LogP contribution is 2.16. The molecule has 1 unspecified atom stereocenters. The fourth-order valence-corrected chi connectivity index (χ4v) is 2.98. The summed E-state index contributed by atoms with van der Waals surface area (Å²) in [6, 6.07) is 0. The second-order valence-corrected chi connectivity index (χ2v) is 7.40. The quantitative estimate of drug-likeness (QED) is 0.296. The molecule has 3 heteroatoms. The van der Waals surface area contributed by atoms with Crippen LogP contribution in [0.3, 0.4) is 0 Å². The van der Waals surface area contributed by atoms with E-state index in [4.69, 9.17) is 5.11 Å². The standard InChI is InChI=1S/C21H41O3/c1-3-4-5-6-7-8-9-10-11-12-13-14-15-16-17-18-20(23)21(2,24)19-22/h19,22,24H,3-18H2,1-2H3. The van der Waals surface area contributed by atoms with Crippen LogP contribution in [0, 0.1) is 6.61 Å². The molecule has 0 heterocycles. The summed E-state index contributed by atoms with van der Waals surface area (Å²) in [5.74, 6) is -0.292. The predicted octanol–water partition coefficient (Wildman–Crippen LogP) is 6.10. The molecule has 143 valence electrons. The lowest BCUT2D eigenvalue weighted by Gasteiger charge is -2.17. The maximum atomic E-state index is 11.6. The molecule has 1 radical (unpaired) electrons. The average molecular weight is 342 g/mol. The van der Waals surface area contributed by atoms with E-state index in [1.54, 1.807) is 0 Å². The number of hydrogen-bond acceptors (Lipinski definition) is 3. The molecule has 0 aromatic carbocycles. The van der Waals surface area contributed by atoms with Crippen LogP contribution in [0.25, 0.3) is 0 Å². The number of Topliss-reactive ketones (excluding diaryl/α,β-unsaturated/α-hetero) is 1. The Kier molecular flexibility index (Phi) is 15.8. The Hall–Kier alpha value is -0.410. The summed E-state index contributed by atoms with van der Waals surface area (Å²) in [5, 5.41) is 18.3. The zero-order valence-electron chi connectivity index (χ0n) is 16.2. The summed E-state index contributed by atoms with van der Waals surface area (Å²) in [6.45, 7) is 4.18. The van der Waals surface area contributed by atoms with Gasteiger partial charge in [-0.3, -0.25) is 4.79 Å². The summed E-state index contributed by atoms with van der Waals surface area (Å²) in [5.41, 5.74) is -1.67. The van der Waals surface area contributed by atoms with E-state index in [-0.39, 0.29) is 5.78 Å². The highest BCUT2D eigenvalue weighted by atomic mass is 16.3. The van der Waals surface area contributed by atoms with Crippen LogP contribution in [-0.4, -0.2) is 21.6 Å². The molecule has 24 heavy (non-hydrogen) atoms. The lowest BCUT2D eigenvalue weighted by atomic mass is 9.96. The SMILES string of the molecule is CCCCCCCCCCCCCCCCCC(=O)C(C)(O)[CH]O. The van der Waals surface area contributed by atoms with Gasteiger partial charge in [-0.2, -0.15) is 0 Å². The second kappa shape index (κ2) is 16.1. The number of carbonyl (C=O) groups excluding carboxylic acids is 1. The Balaban J connectivity index is 3.19. The van der Waals surface area contributed by atoms with Gasteiger partial charge in [0.1, 0.15) is 12.2 Å². The molecule has 3 nitrogen and oxygen atoms in total. The first kappa shape index (κ1) is 23.6. The van der Waals surface area contributed by atoms with E-state index in [1.165, 1.54) is 84.0 Å². The van der Waals surface area contributed by atoms with E-state index < -0.39 is 5.60 Å². The topological polar surface area (TPSA) is 57.5 Å². The molecule has 0 aliphatic rings. The maximum absolute atomic E-state index is 11.6. The van der Waals surface area contributed by atoms with Gasteiger partial charge in [0.05, 0.1) is 0 Å². The average Bonchev–Trinajstić information content (AvgIpc) is 2.58. The molecule has 0 aromatic heterocycles. The van der Waals surface area contributed by atoms with E-state index in [2.05, 4.69) is 6.92 Å². The number of hydrogen-bond donors (Lipinski definition) is 2. The van der Waals surface area contributed by atoms with Gasteiger partial charge in [-0.15, -0.1) is 0 Å². The van der Waals surface area contributed by atoms with Gasteiger partial charge in [0.15, 0.2) is 5.78 Å². The van der Waals surface area contributed by atoms with Crippen LogP contribution >= 0.6 is 0 Å². The number of ketones is 1. The molecule has 2 N–H and O–H groups in total. The van der Waals surface area contributed by atoms with Gasteiger partial charge in [-0.1, -0.05) is 96.8 Å². The normalized spacial score (nSPS) is 13.8. The van der Waals surface area contributed by atoms with Crippen molar-refractivity contribution in [1.82, 2.24) is 0 Å². The minimum absolute atomic E-state index is 0.292. The van der Waals surface area contributed by atoms with Crippen molar-refractivity contribution in [3.05, 3.63) is 6.61 Å². The van der Waals surface area contributed by atoms with Crippen LogP contribution in [-0.2, 0) is 4.79 Å². The molecule has 0 rings (SSSR count). The number of unbranched alkanes of at least 4 members (excludes halogenated alkanes) is 14. The summed E-state index contributed by atoms with van der Waals surface area (Å²) in [7, 11) is 0. The van der Waals surface area contributed by atoms with Gasteiger partial charge in [0.2, 0.25) is 0 Å². The molecule has 0 bridgehead atoms. The molecule has 0 aliphatic heterocycles. The minimum atomic E-state index is -1.67. The van der Waals surface area contributed by atoms with Crippen molar-refractivity contribution in [2.24, 2.45) is 0 Å². The first-order chi connectivity index (χ1) is 11.5. The molecule has 0 spiro atoms. The van der Waals surface area contributed by atoms with Crippen molar-refractivity contribution in [3.8, 4) is 0 Å². The highest BCUT2D eigenvalue weighted by molar-refractivity contribution is 5.87. The molecule has 0 aromatic rings. The van der Waals surface area contributed by atoms with Gasteiger partial charge >= 0.3 is 0 Å². The first-order valence-electron chi connectivity index (χ1n) is 10.3. The smallest absolute Gasteiger partial charge is 0.166 e. The lowest BCUT2D eigenvalue weighted by Crippen LogP contribution is -2.35. The van der Waals surface area contributed by atoms with Gasteiger partial charge < -0.3 is 10.2 Å². The molecular formula is C21H41O3. The number of rotatable bonds is 18. The van der Waals surface area contributed by atoms with Crippen molar-refractivity contribution >= 4 is 5.78 Å².